The van der Waals surface area contributed by atoms with E-state index in [-0.39, 0.29) is 41.3 Å². The highest BCUT2D eigenvalue weighted by molar-refractivity contribution is 7.89. The maximum atomic E-state index is 14.1. The first-order valence-corrected chi connectivity index (χ1v) is 20.5. The largest absolute Gasteiger partial charge is 0.471 e. The van der Waals surface area contributed by atoms with Crippen molar-refractivity contribution in [3.8, 4) is 0 Å². The highest BCUT2D eigenvalue weighted by Gasteiger charge is 2.43. The minimum atomic E-state index is -5.10. The monoisotopic (exact) mass is 835 g/mol. The van der Waals surface area contributed by atoms with Crippen molar-refractivity contribution in [2.75, 3.05) is 33.1 Å². The Balaban J connectivity index is 2.21. The second kappa shape index (κ2) is 20.6. The molecular weight excluding hydrogens is 776 g/mol. The van der Waals surface area contributed by atoms with Gasteiger partial charge in [-0.15, -0.1) is 0 Å². The lowest BCUT2D eigenvalue weighted by atomic mass is 9.89. The minimum Gasteiger partial charge on any atom is -0.444 e. The smallest absolute Gasteiger partial charge is 0.444 e. The quantitative estimate of drug-likeness (QED) is 0.189. The lowest BCUT2D eigenvalue weighted by Gasteiger charge is -2.40. The Morgan fingerprint density at radius 3 is 2.07 bits per heavy atom. The second-order valence-corrected chi connectivity index (χ2v) is 17.6. The van der Waals surface area contributed by atoms with Crippen molar-refractivity contribution in [3.05, 3.63) is 29.8 Å². The van der Waals surface area contributed by atoms with E-state index in [1.165, 1.54) is 38.2 Å². The predicted molar refractivity (Wildman–Crippen MR) is 206 cm³/mol. The summed E-state index contributed by atoms with van der Waals surface area (Å²) in [6.07, 6.45) is -5.96. The molecule has 324 valence electrons. The number of anilines is 1. The molecule has 1 heterocycles. The van der Waals surface area contributed by atoms with Crippen LogP contribution in [-0.2, 0) is 49.2 Å². The number of nitrogens with zero attached hydrogens (tertiary/aromatic N) is 2. The fraction of sp³-hybridized carbons (Fsp3) is 0.711. The molecule has 0 aromatic heterocycles. The molecule has 1 fully saturated rings. The Bertz CT molecular complexity index is 1650. The number of hydrogen-bond acceptors (Lipinski definition) is 10. The molecular formula is C38H60F3N5O10S. The molecule has 57 heavy (non-hydrogen) atoms. The van der Waals surface area contributed by atoms with Gasteiger partial charge in [-0.25, -0.2) is 13.2 Å². The molecule has 0 radical (unpaired) electrons. The number of methoxy groups -OCH3 is 2. The van der Waals surface area contributed by atoms with Gasteiger partial charge in [-0.3, -0.25) is 23.9 Å². The van der Waals surface area contributed by atoms with Crippen LogP contribution >= 0.6 is 0 Å². The van der Waals surface area contributed by atoms with E-state index in [0.717, 1.165) is 12.1 Å². The lowest BCUT2D eigenvalue weighted by Crippen LogP contribution is -2.58. The Labute approximate surface area is 334 Å². The highest BCUT2D eigenvalue weighted by Crippen LogP contribution is 2.30. The molecule has 0 saturated carbocycles. The SMILES string of the molecule is CCC(C)[C@@H]([C@@H](CC(=O)N1CCC[C@H]1[C@H](OC)[C@@H](C)C(=O)NS(=O)(=O)Cc1ccc(NC(=O)C(F)(F)F)cc1)OC)N(C)C(=O)[C@@H](NC(=O)OC(C)(C)C)C(C)C. The fourth-order valence-corrected chi connectivity index (χ4v) is 8.06. The van der Waals surface area contributed by atoms with Gasteiger partial charge in [-0.2, -0.15) is 13.2 Å². The first-order valence-electron chi connectivity index (χ1n) is 18.9. The Morgan fingerprint density at radius 2 is 1.58 bits per heavy atom. The molecule has 5 amide bonds. The third kappa shape index (κ3) is 14.4. The number of halogens is 3. The molecule has 15 nitrogen and oxygen atoms in total. The Hall–Kier alpha value is -3.97. The van der Waals surface area contributed by atoms with Crippen LogP contribution < -0.4 is 15.4 Å². The molecule has 0 aliphatic carbocycles. The Kier molecular flexibility index (Phi) is 17.8. The number of sulfonamides is 1. The number of alkyl carbamates (subject to hydrolysis) is 1. The number of likely N-dealkylation sites (N-methyl/N-ethyl adjacent to an activating group) is 1. The van der Waals surface area contributed by atoms with Crippen molar-refractivity contribution in [2.45, 2.75) is 129 Å². The molecule has 1 aromatic rings. The van der Waals surface area contributed by atoms with Crippen LogP contribution in [0.4, 0.5) is 23.7 Å². The van der Waals surface area contributed by atoms with Gasteiger partial charge in [0.05, 0.1) is 42.4 Å². The van der Waals surface area contributed by atoms with Gasteiger partial charge in [-0.1, -0.05) is 53.2 Å². The van der Waals surface area contributed by atoms with Crippen LogP contribution in [0.5, 0.6) is 0 Å². The van der Waals surface area contributed by atoms with E-state index in [2.05, 4.69) is 5.32 Å². The molecule has 0 spiro atoms. The van der Waals surface area contributed by atoms with Crippen LogP contribution in [-0.4, -0.2) is 118 Å². The summed E-state index contributed by atoms with van der Waals surface area (Å²) in [5, 5.41) is 4.36. The maximum Gasteiger partial charge on any atom is 0.471 e. The molecule has 1 unspecified atom stereocenters. The molecule has 0 bridgehead atoms. The van der Waals surface area contributed by atoms with Crippen molar-refractivity contribution in [1.29, 1.82) is 0 Å². The zero-order valence-electron chi connectivity index (χ0n) is 34.7. The van der Waals surface area contributed by atoms with Crippen LogP contribution in [0.2, 0.25) is 0 Å². The summed E-state index contributed by atoms with van der Waals surface area (Å²) in [6, 6.07) is 2.51. The first kappa shape index (κ1) is 49.2. The number of ether oxygens (including phenoxy) is 3. The number of alkyl halides is 3. The summed E-state index contributed by atoms with van der Waals surface area (Å²) < 4.78 is 82.7. The van der Waals surface area contributed by atoms with Crippen LogP contribution in [0.15, 0.2) is 24.3 Å². The Morgan fingerprint density at radius 1 is 0.982 bits per heavy atom. The number of carbonyl (C=O) groups is 5. The highest BCUT2D eigenvalue weighted by atomic mass is 32.2. The van der Waals surface area contributed by atoms with Gasteiger partial charge in [0, 0.05) is 33.5 Å². The first-order chi connectivity index (χ1) is 26.3. The number of likely N-dealkylation sites (tertiary alicyclic amines) is 1. The van der Waals surface area contributed by atoms with E-state index in [9.17, 15) is 45.6 Å². The zero-order valence-corrected chi connectivity index (χ0v) is 35.5. The van der Waals surface area contributed by atoms with Crippen LogP contribution in [0.25, 0.3) is 0 Å². The summed E-state index contributed by atoms with van der Waals surface area (Å²) in [6.45, 7) is 14.5. The van der Waals surface area contributed by atoms with E-state index < -0.39 is 81.7 Å². The summed E-state index contributed by atoms with van der Waals surface area (Å²) in [4.78, 5) is 68.3. The molecule has 1 aromatic carbocycles. The summed E-state index contributed by atoms with van der Waals surface area (Å²) in [5.74, 6) is -5.94. The third-order valence-electron chi connectivity index (χ3n) is 9.95. The van der Waals surface area contributed by atoms with Crippen molar-refractivity contribution in [3.63, 3.8) is 0 Å². The van der Waals surface area contributed by atoms with Gasteiger partial charge in [0.25, 0.3) is 0 Å². The lowest BCUT2D eigenvalue weighted by molar-refractivity contribution is -0.167. The van der Waals surface area contributed by atoms with Crippen molar-refractivity contribution < 1.29 is 59.8 Å². The number of hydrogen-bond donors (Lipinski definition) is 3. The van der Waals surface area contributed by atoms with Crippen LogP contribution in [0, 0.1) is 17.8 Å². The molecule has 2 rings (SSSR count). The predicted octanol–water partition coefficient (Wildman–Crippen LogP) is 4.60. The van der Waals surface area contributed by atoms with Crippen LogP contribution in [0.1, 0.15) is 86.6 Å². The number of benzene rings is 1. The van der Waals surface area contributed by atoms with Crippen LogP contribution in [0.3, 0.4) is 0 Å². The normalized spacial score (nSPS) is 18.2. The zero-order chi connectivity index (χ0) is 43.6. The second-order valence-electron chi connectivity index (χ2n) is 15.8. The van der Waals surface area contributed by atoms with E-state index in [1.807, 2.05) is 18.6 Å². The van der Waals surface area contributed by atoms with E-state index in [4.69, 9.17) is 14.2 Å². The van der Waals surface area contributed by atoms with Crippen molar-refractivity contribution in [2.24, 2.45) is 17.8 Å². The average Bonchev–Trinajstić information content (AvgIpc) is 3.58. The average molecular weight is 836 g/mol. The topological polar surface area (TPSA) is 190 Å². The molecule has 1 saturated heterocycles. The molecule has 7 atom stereocenters. The van der Waals surface area contributed by atoms with E-state index in [1.54, 1.807) is 51.9 Å². The third-order valence-corrected chi connectivity index (χ3v) is 11.2. The van der Waals surface area contributed by atoms with Gasteiger partial charge in [0.2, 0.25) is 27.7 Å². The molecule has 1 aliphatic heterocycles. The number of carbonyl (C=O) groups excluding carboxylic acids is 5. The number of amides is 5. The molecule has 3 N–H and O–H groups in total. The maximum absolute atomic E-state index is 14.1. The van der Waals surface area contributed by atoms with E-state index in [0.29, 0.717) is 25.8 Å². The molecule has 1 aliphatic rings. The standard InChI is InChI=1S/C38H60F3N5O10S/c1-12-23(4)31(45(9)34(49)30(22(2)3)43-36(51)56-37(6,7)8)28(54-10)20-29(47)46-19-13-14-27(46)32(55-11)24(5)33(48)44-57(52,53)21-25-15-17-26(18-16-25)42-35(50)38(39,40)41/h15-18,22-24,27-28,30-32H,12-14,19-21H2,1-11H3,(H,42,50)(H,43,51)(H,44,48)/t23?,24-,27+,28-,30+,31+,32-/m1/s1. The minimum absolute atomic E-state index is 0.129. The number of nitrogens with one attached hydrogen (secondary N) is 3. The number of rotatable bonds is 18. The van der Waals surface area contributed by atoms with Crippen molar-refractivity contribution >= 4 is 45.4 Å². The summed E-state index contributed by atoms with van der Waals surface area (Å²) in [5.41, 5.74) is -0.838. The van der Waals surface area contributed by atoms with Gasteiger partial charge in [0.15, 0.2) is 0 Å². The summed E-state index contributed by atoms with van der Waals surface area (Å²) in [7, 11) is 0.131. The summed E-state index contributed by atoms with van der Waals surface area (Å²) >= 11 is 0. The van der Waals surface area contributed by atoms with Gasteiger partial charge in [-0.05, 0) is 63.1 Å². The molecule has 19 heteroatoms. The fourth-order valence-electron chi connectivity index (χ4n) is 6.86. The van der Waals surface area contributed by atoms with Gasteiger partial charge in [0.1, 0.15) is 11.6 Å². The van der Waals surface area contributed by atoms with Gasteiger partial charge >= 0.3 is 18.2 Å². The van der Waals surface area contributed by atoms with E-state index >= 15 is 0 Å². The van der Waals surface area contributed by atoms with Gasteiger partial charge < -0.3 is 34.6 Å². The van der Waals surface area contributed by atoms with Crippen molar-refractivity contribution in [1.82, 2.24) is 19.8 Å².